The zero-order valence-corrected chi connectivity index (χ0v) is 18.4. The number of nitrogens with zero attached hydrogens (tertiary/aromatic N) is 2. The van der Waals surface area contributed by atoms with Crippen molar-refractivity contribution < 1.29 is 19.4 Å². The van der Waals surface area contributed by atoms with E-state index in [0.717, 1.165) is 16.7 Å². The van der Waals surface area contributed by atoms with E-state index in [1.54, 1.807) is 38.7 Å². The summed E-state index contributed by atoms with van der Waals surface area (Å²) >= 11 is 0. The van der Waals surface area contributed by atoms with Crippen molar-refractivity contribution in [2.75, 3.05) is 14.2 Å². The normalized spacial score (nSPS) is 24.1. The van der Waals surface area contributed by atoms with Crippen LogP contribution in [0, 0.1) is 5.92 Å². The lowest BCUT2D eigenvalue weighted by molar-refractivity contribution is -0.131. The van der Waals surface area contributed by atoms with Gasteiger partial charge in [-0.1, -0.05) is 24.3 Å². The highest BCUT2D eigenvalue weighted by atomic mass is 16.5. The largest absolute Gasteiger partial charge is 0.508 e. The van der Waals surface area contributed by atoms with Gasteiger partial charge in [-0.15, -0.1) is 0 Å². The first-order valence-electron chi connectivity index (χ1n) is 10.8. The summed E-state index contributed by atoms with van der Waals surface area (Å²) in [4.78, 5) is 19.6. The Morgan fingerprint density at radius 3 is 2.42 bits per heavy atom. The fourth-order valence-corrected chi connectivity index (χ4v) is 5.01. The third-order valence-corrected chi connectivity index (χ3v) is 6.54. The summed E-state index contributed by atoms with van der Waals surface area (Å²) in [6, 6.07) is 15.9. The van der Waals surface area contributed by atoms with Gasteiger partial charge in [0.15, 0.2) is 11.5 Å². The van der Waals surface area contributed by atoms with Crippen molar-refractivity contribution in [3.63, 3.8) is 0 Å². The molecule has 2 fully saturated rings. The van der Waals surface area contributed by atoms with Gasteiger partial charge in [-0.3, -0.25) is 9.78 Å². The fourth-order valence-electron chi connectivity index (χ4n) is 5.01. The summed E-state index contributed by atoms with van der Waals surface area (Å²) in [5.74, 6) is 1.27. The first-order valence-corrected chi connectivity index (χ1v) is 10.8. The first-order chi connectivity index (χ1) is 16.1. The Hall–Kier alpha value is -3.62. The highest BCUT2D eigenvalue weighted by molar-refractivity contribution is 5.86. The molecule has 33 heavy (non-hydrogen) atoms. The lowest BCUT2D eigenvalue weighted by Gasteiger charge is -2.32. The van der Waals surface area contributed by atoms with Crippen LogP contribution in [0.5, 0.6) is 17.2 Å². The molecule has 5 rings (SSSR count). The number of phenolic OH excluding ortho intramolecular Hbond substituents is 1. The number of nitrogens with one attached hydrogen (secondary N) is 2. The second-order valence-corrected chi connectivity index (χ2v) is 8.26. The maximum atomic E-state index is 13.6. The minimum atomic E-state index is -0.436. The summed E-state index contributed by atoms with van der Waals surface area (Å²) < 4.78 is 11.0. The van der Waals surface area contributed by atoms with Crippen LogP contribution in [0.2, 0.25) is 0 Å². The number of phenols is 1. The predicted octanol–water partition coefficient (Wildman–Crippen LogP) is 2.72. The van der Waals surface area contributed by atoms with Crippen LogP contribution in [0.3, 0.4) is 0 Å². The molecule has 0 saturated carbocycles. The molecule has 0 aliphatic carbocycles. The van der Waals surface area contributed by atoms with Gasteiger partial charge in [0.25, 0.3) is 0 Å². The van der Waals surface area contributed by atoms with Crippen LogP contribution in [0.4, 0.5) is 0 Å². The average molecular weight is 447 g/mol. The van der Waals surface area contributed by atoms with Crippen molar-refractivity contribution in [3.05, 3.63) is 83.7 Å². The minimum absolute atomic E-state index is 0.00187. The van der Waals surface area contributed by atoms with E-state index in [9.17, 15) is 9.90 Å². The van der Waals surface area contributed by atoms with Crippen molar-refractivity contribution in [2.24, 2.45) is 5.92 Å². The van der Waals surface area contributed by atoms with Crippen LogP contribution in [-0.2, 0) is 11.3 Å². The van der Waals surface area contributed by atoms with Crippen molar-refractivity contribution in [1.29, 1.82) is 0 Å². The Labute approximate surface area is 192 Å². The fraction of sp³-hybridized carbons (Fsp3) is 0.280. The van der Waals surface area contributed by atoms with Gasteiger partial charge in [0.05, 0.1) is 26.3 Å². The van der Waals surface area contributed by atoms with Crippen molar-refractivity contribution in [3.8, 4) is 17.2 Å². The molecule has 2 aliphatic heterocycles. The third kappa shape index (κ3) is 3.67. The van der Waals surface area contributed by atoms with Crippen molar-refractivity contribution >= 4 is 5.91 Å². The standard InChI is InChI=1S/C25H26N4O4/c1-32-19-8-7-16(13-20(19)33-2)24-21-22(17-5-3-4-6-18(17)30)27-28-23(21)25(31)29(24)14-15-9-11-26-12-10-15/h3-13,21-24,27-28,30H,14H2,1-2H3. The average Bonchev–Trinajstić information content (AvgIpc) is 3.39. The number of ether oxygens (including phenoxy) is 2. The molecular weight excluding hydrogens is 420 g/mol. The third-order valence-electron chi connectivity index (χ3n) is 6.54. The van der Waals surface area contributed by atoms with Crippen LogP contribution >= 0.6 is 0 Å². The molecule has 4 atom stereocenters. The van der Waals surface area contributed by atoms with E-state index < -0.39 is 6.04 Å². The van der Waals surface area contributed by atoms with Crippen molar-refractivity contribution in [1.82, 2.24) is 20.7 Å². The second-order valence-electron chi connectivity index (χ2n) is 8.26. The minimum Gasteiger partial charge on any atom is -0.508 e. The Balaban J connectivity index is 1.60. The van der Waals surface area contributed by atoms with Crippen LogP contribution in [0.15, 0.2) is 67.0 Å². The van der Waals surface area contributed by atoms with Crippen LogP contribution in [0.1, 0.15) is 28.8 Å². The number of fused-ring (bicyclic) bond motifs is 1. The van der Waals surface area contributed by atoms with Gasteiger partial charge in [0.2, 0.25) is 5.91 Å². The molecule has 1 aromatic heterocycles. The SMILES string of the molecule is COc1ccc(C2C3C(NNC3c3ccccc3O)C(=O)N2Cc2ccncc2)cc1OC. The van der Waals surface area contributed by atoms with Gasteiger partial charge < -0.3 is 19.5 Å². The Bertz CT molecular complexity index is 1160. The number of likely N-dealkylation sites (tertiary alicyclic amines) is 1. The van der Waals surface area contributed by atoms with Gasteiger partial charge in [-0.25, -0.2) is 10.9 Å². The zero-order chi connectivity index (χ0) is 22.9. The number of carbonyl (C=O) groups is 1. The van der Waals surface area contributed by atoms with Crippen molar-refractivity contribution in [2.45, 2.75) is 24.7 Å². The molecule has 1 amide bonds. The van der Waals surface area contributed by atoms with Gasteiger partial charge in [-0.2, -0.15) is 0 Å². The number of amides is 1. The van der Waals surface area contributed by atoms with E-state index in [1.165, 1.54) is 0 Å². The van der Waals surface area contributed by atoms with E-state index >= 15 is 0 Å². The highest BCUT2D eigenvalue weighted by Crippen LogP contribution is 2.49. The maximum absolute atomic E-state index is 13.6. The van der Waals surface area contributed by atoms with Crippen LogP contribution < -0.4 is 20.3 Å². The molecule has 2 aromatic carbocycles. The number of aromatic nitrogens is 1. The van der Waals surface area contributed by atoms with E-state index in [4.69, 9.17) is 9.47 Å². The predicted molar refractivity (Wildman–Crippen MR) is 121 cm³/mol. The summed E-state index contributed by atoms with van der Waals surface area (Å²) in [5.41, 5.74) is 9.13. The highest BCUT2D eigenvalue weighted by Gasteiger charge is 2.55. The molecule has 0 spiro atoms. The molecule has 3 heterocycles. The summed E-state index contributed by atoms with van der Waals surface area (Å²) in [6.07, 6.45) is 3.46. The molecule has 0 radical (unpaired) electrons. The van der Waals surface area contributed by atoms with Crippen LogP contribution in [0.25, 0.3) is 0 Å². The Kier molecular flexibility index (Phi) is 5.62. The topological polar surface area (TPSA) is 96.0 Å². The van der Waals surface area contributed by atoms with E-state index in [2.05, 4.69) is 15.8 Å². The quantitative estimate of drug-likeness (QED) is 0.536. The number of methoxy groups -OCH3 is 2. The molecule has 0 bridgehead atoms. The number of rotatable bonds is 6. The summed E-state index contributed by atoms with van der Waals surface area (Å²) in [6.45, 7) is 0.447. The van der Waals surface area contributed by atoms with Gasteiger partial charge in [0, 0.05) is 30.4 Å². The smallest absolute Gasteiger partial charge is 0.242 e. The molecule has 8 heteroatoms. The number of hydrogen-bond donors (Lipinski definition) is 3. The number of hydrazine groups is 1. The van der Waals surface area contributed by atoms with Crippen LogP contribution in [-0.4, -0.2) is 41.2 Å². The number of para-hydroxylation sites is 1. The molecule has 4 unspecified atom stereocenters. The number of carbonyl (C=O) groups excluding carboxylic acids is 1. The lowest BCUT2D eigenvalue weighted by atomic mass is 9.83. The maximum Gasteiger partial charge on any atom is 0.242 e. The molecule has 8 nitrogen and oxygen atoms in total. The number of aromatic hydroxyl groups is 1. The number of hydrogen-bond acceptors (Lipinski definition) is 7. The van der Waals surface area contributed by atoms with Gasteiger partial charge in [0.1, 0.15) is 11.8 Å². The molecule has 3 aromatic rings. The molecule has 2 saturated heterocycles. The molecule has 170 valence electrons. The number of benzene rings is 2. The van der Waals surface area contributed by atoms with E-state index in [-0.39, 0.29) is 29.7 Å². The molecule has 3 N–H and O–H groups in total. The first kappa shape index (κ1) is 21.2. The van der Waals surface area contributed by atoms with E-state index in [0.29, 0.717) is 18.0 Å². The summed E-state index contributed by atoms with van der Waals surface area (Å²) in [7, 11) is 3.20. The number of pyridine rings is 1. The molecule has 2 aliphatic rings. The van der Waals surface area contributed by atoms with Gasteiger partial charge in [-0.05, 0) is 41.5 Å². The van der Waals surface area contributed by atoms with E-state index in [1.807, 2.05) is 47.4 Å². The second kappa shape index (κ2) is 8.73. The molecular formula is C25H26N4O4. The Morgan fingerprint density at radius 1 is 0.970 bits per heavy atom. The lowest BCUT2D eigenvalue weighted by Crippen LogP contribution is -2.41. The Morgan fingerprint density at radius 2 is 1.70 bits per heavy atom. The summed E-state index contributed by atoms with van der Waals surface area (Å²) in [5, 5.41) is 10.6. The van der Waals surface area contributed by atoms with Gasteiger partial charge >= 0.3 is 0 Å². The zero-order valence-electron chi connectivity index (χ0n) is 18.4. The monoisotopic (exact) mass is 446 g/mol.